The largest absolute Gasteiger partial charge is 0.475 e. The summed E-state index contributed by atoms with van der Waals surface area (Å²) in [6, 6.07) is 3.99. The first-order valence-electron chi connectivity index (χ1n) is 6.87. The number of nitrogens with zero attached hydrogens (tertiary/aromatic N) is 2. The minimum Gasteiger partial charge on any atom is -0.475 e. The monoisotopic (exact) mass is 291 g/mol. The topological polar surface area (TPSA) is 47.0 Å². The molecule has 2 heterocycles. The maximum Gasteiger partial charge on any atom is 0.218 e. The molecule has 2 aromatic heterocycles. The third-order valence-corrected chi connectivity index (χ3v) is 3.88. The molecule has 0 aromatic carbocycles. The SMILES string of the molecule is Cc1ncsc1CCNCc1cccnc1OC(C)C. The first-order valence-corrected chi connectivity index (χ1v) is 7.75. The molecule has 5 heteroatoms. The minimum atomic E-state index is 0.142. The number of pyridine rings is 1. The second-order valence-corrected chi connectivity index (χ2v) is 5.86. The molecule has 0 fully saturated rings. The fourth-order valence-electron chi connectivity index (χ4n) is 1.88. The Kier molecular flexibility index (Phi) is 5.49. The van der Waals surface area contributed by atoms with E-state index in [-0.39, 0.29) is 6.10 Å². The van der Waals surface area contributed by atoms with Crippen molar-refractivity contribution in [2.24, 2.45) is 0 Å². The third kappa shape index (κ3) is 4.28. The molecular weight excluding hydrogens is 270 g/mol. The van der Waals surface area contributed by atoms with Gasteiger partial charge in [-0.2, -0.15) is 0 Å². The summed E-state index contributed by atoms with van der Waals surface area (Å²) in [6.45, 7) is 7.78. The minimum absolute atomic E-state index is 0.142. The summed E-state index contributed by atoms with van der Waals surface area (Å²) in [4.78, 5) is 9.90. The number of nitrogens with one attached hydrogen (secondary N) is 1. The molecule has 2 aromatic rings. The van der Waals surface area contributed by atoms with Gasteiger partial charge in [0.15, 0.2) is 0 Å². The standard InChI is InChI=1S/C15H21N3OS/c1-11(2)19-15-13(5-4-7-17-15)9-16-8-6-14-12(3)18-10-20-14/h4-5,7,10-11,16H,6,8-9H2,1-3H3. The molecule has 0 spiro atoms. The van der Waals surface area contributed by atoms with Gasteiger partial charge in [-0.25, -0.2) is 9.97 Å². The van der Waals surface area contributed by atoms with Gasteiger partial charge < -0.3 is 10.1 Å². The molecule has 1 N–H and O–H groups in total. The van der Waals surface area contributed by atoms with Gasteiger partial charge in [0.25, 0.3) is 0 Å². The van der Waals surface area contributed by atoms with Gasteiger partial charge in [-0.1, -0.05) is 6.07 Å². The Hall–Kier alpha value is -1.46. The Balaban J connectivity index is 1.83. The van der Waals surface area contributed by atoms with Crippen LogP contribution in [0.3, 0.4) is 0 Å². The summed E-state index contributed by atoms with van der Waals surface area (Å²) >= 11 is 1.72. The molecule has 0 saturated carbocycles. The van der Waals surface area contributed by atoms with Gasteiger partial charge >= 0.3 is 0 Å². The van der Waals surface area contributed by atoms with Crippen molar-refractivity contribution in [3.8, 4) is 5.88 Å². The van der Waals surface area contributed by atoms with E-state index in [1.807, 2.05) is 25.4 Å². The van der Waals surface area contributed by atoms with Crippen LogP contribution in [0.2, 0.25) is 0 Å². The van der Waals surface area contributed by atoms with E-state index in [1.165, 1.54) is 4.88 Å². The first-order chi connectivity index (χ1) is 9.66. The molecule has 20 heavy (non-hydrogen) atoms. The Morgan fingerprint density at radius 1 is 1.35 bits per heavy atom. The molecule has 0 aliphatic heterocycles. The molecule has 0 radical (unpaired) electrons. The normalized spacial score (nSPS) is 11.0. The fourth-order valence-corrected chi connectivity index (χ4v) is 2.66. The average Bonchev–Trinajstić information content (AvgIpc) is 2.81. The van der Waals surface area contributed by atoms with E-state index in [4.69, 9.17) is 4.74 Å². The van der Waals surface area contributed by atoms with Crippen molar-refractivity contribution in [3.05, 3.63) is 40.0 Å². The van der Waals surface area contributed by atoms with Crippen LogP contribution in [-0.2, 0) is 13.0 Å². The van der Waals surface area contributed by atoms with Crippen LogP contribution in [-0.4, -0.2) is 22.6 Å². The Morgan fingerprint density at radius 2 is 2.20 bits per heavy atom. The Morgan fingerprint density at radius 3 is 2.90 bits per heavy atom. The predicted octanol–water partition coefficient (Wildman–Crippen LogP) is 2.97. The maximum atomic E-state index is 5.71. The van der Waals surface area contributed by atoms with E-state index in [1.54, 1.807) is 17.5 Å². The van der Waals surface area contributed by atoms with Crippen LogP contribution in [0.1, 0.15) is 30.0 Å². The molecule has 0 saturated heterocycles. The van der Waals surface area contributed by atoms with Gasteiger partial charge in [0, 0.05) is 29.7 Å². The summed E-state index contributed by atoms with van der Waals surface area (Å²) in [6.07, 6.45) is 2.92. The van der Waals surface area contributed by atoms with Crippen molar-refractivity contribution in [2.75, 3.05) is 6.54 Å². The lowest BCUT2D eigenvalue weighted by Crippen LogP contribution is -2.18. The highest BCUT2D eigenvalue weighted by atomic mass is 32.1. The smallest absolute Gasteiger partial charge is 0.218 e. The van der Waals surface area contributed by atoms with Crippen molar-refractivity contribution >= 4 is 11.3 Å². The van der Waals surface area contributed by atoms with Crippen LogP contribution in [0, 0.1) is 6.92 Å². The van der Waals surface area contributed by atoms with Gasteiger partial charge in [0.2, 0.25) is 5.88 Å². The van der Waals surface area contributed by atoms with Crippen molar-refractivity contribution in [1.29, 1.82) is 0 Å². The maximum absolute atomic E-state index is 5.71. The number of rotatable bonds is 7. The lowest BCUT2D eigenvalue weighted by molar-refractivity contribution is 0.229. The van der Waals surface area contributed by atoms with E-state index in [2.05, 4.69) is 28.3 Å². The van der Waals surface area contributed by atoms with Crippen molar-refractivity contribution < 1.29 is 4.74 Å². The summed E-state index contributed by atoms with van der Waals surface area (Å²) in [7, 11) is 0. The van der Waals surface area contributed by atoms with Crippen LogP contribution in [0.25, 0.3) is 0 Å². The van der Waals surface area contributed by atoms with Gasteiger partial charge in [-0.15, -0.1) is 11.3 Å². The van der Waals surface area contributed by atoms with E-state index >= 15 is 0 Å². The van der Waals surface area contributed by atoms with Crippen LogP contribution < -0.4 is 10.1 Å². The lowest BCUT2D eigenvalue weighted by atomic mass is 10.2. The molecule has 0 aliphatic rings. The third-order valence-electron chi connectivity index (χ3n) is 2.89. The summed E-state index contributed by atoms with van der Waals surface area (Å²) in [5.41, 5.74) is 4.14. The predicted molar refractivity (Wildman–Crippen MR) is 82.3 cm³/mol. The second-order valence-electron chi connectivity index (χ2n) is 4.92. The Labute approximate surface area is 124 Å². The fraction of sp³-hybridized carbons (Fsp3) is 0.467. The first kappa shape index (κ1) is 14.9. The highest BCUT2D eigenvalue weighted by Gasteiger charge is 2.06. The van der Waals surface area contributed by atoms with Crippen molar-refractivity contribution in [1.82, 2.24) is 15.3 Å². The number of aryl methyl sites for hydroxylation is 1. The number of hydrogen-bond donors (Lipinski definition) is 1. The molecule has 0 unspecified atom stereocenters. The summed E-state index contributed by atoms with van der Waals surface area (Å²) in [5, 5.41) is 3.44. The molecule has 0 aliphatic carbocycles. The zero-order valence-corrected chi connectivity index (χ0v) is 13.0. The molecule has 0 amide bonds. The van der Waals surface area contributed by atoms with Gasteiger partial charge in [0.05, 0.1) is 17.3 Å². The van der Waals surface area contributed by atoms with E-state index in [0.717, 1.165) is 36.6 Å². The van der Waals surface area contributed by atoms with Gasteiger partial charge in [-0.05, 0) is 33.3 Å². The number of aromatic nitrogens is 2. The van der Waals surface area contributed by atoms with E-state index < -0.39 is 0 Å². The molecule has 108 valence electrons. The highest BCUT2D eigenvalue weighted by Crippen LogP contribution is 2.16. The number of hydrogen-bond acceptors (Lipinski definition) is 5. The highest BCUT2D eigenvalue weighted by molar-refractivity contribution is 7.09. The van der Waals surface area contributed by atoms with Crippen LogP contribution in [0.5, 0.6) is 5.88 Å². The number of thiazole rings is 1. The summed E-state index contributed by atoms with van der Waals surface area (Å²) < 4.78 is 5.71. The van der Waals surface area contributed by atoms with Crippen LogP contribution in [0.15, 0.2) is 23.8 Å². The zero-order chi connectivity index (χ0) is 14.4. The van der Waals surface area contributed by atoms with E-state index in [9.17, 15) is 0 Å². The second kappa shape index (κ2) is 7.36. The van der Waals surface area contributed by atoms with Crippen molar-refractivity contribution in [3.63, 3.8) is 0 Å². The molecule has 0 atom stereocenters. The number of ether oxygens (including phenoxy) is 1. The average molecular weight is 291 g/mol. The van der Waals surface area contributed by atoms with E-state index in [0.29, 0.717) is 0 Å². The zero-order valence-electron chi connectivity index (χ0n) is 12.2. The van der Waals surface area contributed by atoms with Crippen molar-refractivity contribution in [2.45, 2.75) is 39.8 Å². The Bertz CT molecular complexity index is 539. The van der Waals surface area contributed by atoms with Crippen LogP contribution in [0.4, 0.5) is 0 Å². The molecule has 2 rings (SSSR count). The van der Waals surface area contributed by atoms with Gasteiger partial charge in [-0.3, -0.25) is 0 Å². The van der Waals surface area contributed by atoms with Crippen LogP contribution >= 0.6 is 11.3 Å². The lowest BCUT2D eigenvalue weighted by Gasteiger charge is -2.13. The molecule has 4 nitrogen and oxygen atoms in total. The van der Waals surface area contributed by atoms with Gasteiger partial charge in [0.1, 0.15) is 0 Å². The quantitative estimate of drug-likeness (QED) is 0.797. The molecular formula is C15H21N3OS. The summed E-state index contributed by atoms with van der Waals surface area (Å²) in [5.74, 6) is 0.726. The molecule has 0 bridgehead atoms.